The van der Waals surface area contributed by atoms with E-state index >= 15 is 0 Å². The first kappa shape index (κ1) is 57.4. The minimum atomic E-state index is -3.30. The van der Waals surface area contributed by atoms with Crippen LogP contribution in [0.2, 0.25) is 0 Å². The molecule has 2 amide bonds. The summed E-state index contributed by atoms with van der Waals surface area (Å²) in [6, 6.07) is -3.46. The first-order valence-corrected chi connectivity index (χ1v) is 22.0. The van der Waals surface area contributed by atoms with E-state index in [-0.39, 0.29) is 6.61 Å². The molecule has 0 aromatic rings. The molecule has 30 heteroatoms. The largest absolute Gasteiger partial charge is 0.544 e. The molecule has 0 saturated carbocycles. The second kappa shape index (κ2) is 24.4. The van der Waals surface area contributed by atoms with Crippen molar-refractivity contribution in [2.24, 2.45) is 0 Å². The number of carbonyl (C=O) groups excluding carboxylic acids is 3. The van der Waals surface area contributed by atoms with Crippen LogP contribution < -0.4 is 15.7 Å². The summed E-state index contributed by atoms with van der Waals surface area (Å²) in [5.41, 5.74) is 0. The van der Waals surface area contributed by atoms with E-state index in [9.17, 15) is 91.0 Å². The third-order valence-electron chi connectivity index (χ3n) is 12.4. The van der Waals surface area contributed by atoms with Gasteiger partial charge in [0, 0.05) is 26.9 Å². The highest BCUT2D eigenvalue weighted by Gasteiger charge is 2.60. The molecule has 0 bridgehead atoms. The van der Waals surface area contributed by atoms with E-state index < -0.39 is 210 Å². The van der Waals surface area contributed by atoms with Crippen molar-refractivity contribution < 1.29 is 138 Å². The van der Waals surface area contributed by atoms with Crippen LogP contribution >= 0.6 is 0 Å². The van der Waals surface area contributed by atoms with Crippen LogP contribution in [0.4, 0.5) is 0 Å². The summed E-state index contributed by atoms with van der Waals surface area (Å²) in [5, 5.41) is 169. The van der Waals surface area contributed by atoms with Gasteiger partial charge in [0.15, 0.2) is 25.2 Å². The second-order valence-electron chi connectivity index (χ2n) is 17.2. The van der Waals surface area contributed by atoms with Crippen molar-refractivity contribution in [1.82, 2.24) is 10.6 Å². The Hall–Kier alpha value is -2.55. The molecule has 0 unspecified atom stereocenters. The van der Waals surface area contributed by atoms with Crippen LogP contribution in [0.5, 0.6) is 0 Å². The van der Waals surface area contributed by atoms with E-state index in [1.54, 1.807) is 6.92 Å². The number of ether oxygens (including phenoxy) is 10. The van der Waals surface area contributed by atoms with Crippen LogP contribution in [0.15, 0.2) is 0 Å². The number of aliphatic hydroxyl groups is 14. The Morgan fingerprint density at radius 3 is 1.70 bits per heavy atom. The first-order valence-electron chi connectivity index (χ1n) is 22.0. The van der Waals surface area contributed by atoms with Crippen molar-refractivity contribution in [3.05, 3.63) is 0 Å². The fraction of sp³-hybridized carbons (Fsp3) is 0.923. The monoisotopic (exact) mass is 1010 g/mol. The average molecular weight is 1010 g/mol. The zero-order valence-electron chi connectivity index (χ0n) is 37.7. The first-order chi connectivity index (χ1) is 32.5. The van der Waals surface area contributed by atoms with Crippen molar-refractivity contribution in [1.29, 1.82) is 0 Å². The Morgan fingerprint density at radius 2 is 1.14 bits per heavy atom. The Balaban J connectivity index is 1.55. The molecule has 5 rings (SSSR count). The van der Waals surface area contributed by atoms with E-state index in [2.05, 4.69) is 10.6 Å². The van der Waals surface area contributed by atoms with Gasteiger partial charge in [-0.25, -0.2) is 0 Å². The number of carbonyl (C=O) groups is 3. The standard InChI is InChI=1S/C39H66N2O28/c1-5-60-35-27(56)32(23(52)16(8-43)62-35)67-34-20(41-13(4)47)31(66-36-26(55)25(54)21(50)11(2)61-36)29(18(10-45)64-34)65-37-28(57)33(24(53)17(9-44)63-37)69-39(38(58)59)6-14(48)19(40-12(3)46)30(68-39)22(51)15(49)7-42/h11,14-37,42-45,48-57H,5-10H2,1-4H3,(H,40,46)(H,41,47)(H,58,59)/p-1/t11-,14+,15+,16-,17-,18-,19+,20-,21+,22+,23-,24-,25-,26-,27-,28-,29+,30+,31+,32-,33-,34-,35+,36-,37-,39-/m0/s1. The SMILES string of the molecule is CCO[C@@H]1O[C@@H](CO)[C@H](O)[C@H](O[C@@H]2O[C@@H](CO)[C@@H](O[C@@H]3O[C@@H](CO)[C@H](O)[C@H](O[C@]4(C(=O)[O-])C[C@@H](O)[C@@H](NC(C)=O)[C@H]([C@H](O)[C@H](O)CO)O4)[C@@H]3O)[C@H](O[C@@H]3O[C@@H](C)[C@@H](O)[C@H](O)[C@@H]3O)[C@@H]2NC(C)=O)[C@@H]1O. The topological polar surface area (TPSA) is 474 Å². The predicted octanol–water partition coefficient (Wildman–Crippen LogP) is -11.7. The quantitative estimate of drug-likeness (QED) is 0.0571. The fourth-order valence-corrected chi connectivity index (χ4v) is 8.75. The third kappa shape index (κ3) is 12.5. The van der Waals surface area contributed by atoms with Gasteiger partial charge in [0.05, 0.1) is 44.7 Å². The maximum absolute atomic E-state index is 13.0. The normalized spacial score (nSPS) is 46.1. The van der Waals surface area contributed by atoms with Gasteiger partial charge < -0.3 is 139 Å². The molecule has 26 atom stereocenters. The number of hydrogen-bond donors (Lipinski definition) is 16. The van der Waals surface area contributed by atoms with Crippen LogP contribution in [0, 0.1) is 0 Å². The Morgan fingerprint density at radius 1 is 0.638 bits per heavy atom. The van der Waals surface area contributed by atoms with Gasteiger partial charge in [-0.05, 0) is 13.8 Å². The highest BCUT2D eigenvalue weighted by molar-refractivity contribution is 5.75. The van der Waals surface area contributed by atoms with Gasteiger partial charge in [0.2, 0.25) is 17.6 Å². The van der Waals surface area contributed by atoms with Crippen LogP contribution in [-0.4, -0.2) is 281 Å². The molecule has 0 spiro atoms. The van der Waals surface area contributed by atoms with Gasteiger partial charge in [0.1, 0.15) is 116 Å². The number of rotatable bonds is 19. The Kier molecular flexibility index (Phi) is 20.3. The molecule has 5 fully saturated rings. The van der Waals surface area contributed by atoms with Gasteiger partial charge in [0.25, 0.3) is 0 Å². The molecule has 30 nitrogen and oxygen atoms in total. The van der Waals surface area contributed by atoms with E-state index in [0.717, 1.165) is 13.8 Å². The van der Waals surface area contributed by atoms with Crippen molar-refractivity contribution >= 4 is 17.8 Å². The van der Waals surface area contributed by atoms with Gasteiger partial charge >= 0.3 is 0 Å². The highest BCUT2D eigenvalue weighted by Crippen LogP contribution is 2.40. The zero-order valence-corrected chi connectivity index (χ0v) is 37.7. The smallest absolute Gasteiger partial charge is 0.217 e. The van der Waals surface area contributed by atoms with E-state index in [4.69, 9.17) is 47.4 Å². The van der Waals surface area contributed by atoms with Crippen molar-refractivity contribution in [2.45, 2.75) is 193 Å². The third-order valence-corrected chi connectivity index (χ3v) is 12.4. The number of carboxylic acids is 1. The van der Waals surface area contributed by atoms with Crippen LogP contribution in [0.25, 0.3) is 0 Å². The average Bonchev–Trinajstić information content (AvgIpc) is 3.30. The number of aliphatic hydroxyl groups excluding tert-OH is 14. The molecule has 400 valence electrons. The summed E-state index contributed by atoms with van der Waals surface area (Å²) in [6.07, 6.45) is -45.6. The Bertz CT molecular complexity index is 1670. The molecule has 69 heavy (non-hydrogen) atoms. The minimum absolute atomic E-state index is 0.0306. The fourth-order valence-electron chi connectivity index (χ4n) is 8.75. The summed E-state index contributed by atoms with van der Waals surface area (Å²) in [5.74, 6) is -7.30. The molecular formula is C39H65N2O28-. The lowest BCUT2D eigenvalue weighted by atomic mass is 9.88. The van der Waals surface area contributed by atoms with E-state index in [1.165, 1.54) is 6.92 Å². The number of hydrogen-bond acceptors (Lipinski definition) is 28. The number of amides is 2. The molecule has 0 radical (unpaired) electrons. The maximum Gasteiger partial charge on any atom is 0.217 e. The molecule has 16 N–H and O–H groups in total. The second-order valence-corrected chi connectivity index (χ2v) is 17.2. The zero-order chi connectivity index (χ0) is 51.4. The molecule has 5 aliphatic heterocycles. The summed E-state index contributed by atoms with van der Waals surface area (Å²) in [4.78, 5) is 38.0. The lowest BCUT2D eigenvalue weighted by molar-refractivity contribution is -0.414. The summed E-state index contributed by atoms with van der Waals surface area (Å²) < 4.78 is 57.9. The van der Waals surface area contributed by atoms with Crippen molar-refractivity contribution in [2.75, 3.05) is 33.0 Å². The molecule has 5 saturated heterocycles. The molecule has 0 aliphatic carbocycles. The molecule has 0 aromatic heterocycles. The number of aliphatic carboxylic acids is 1. The van der Waals surface area contributed by atoms with Gasteiger partial charge in [-0.15, -0.1) is 0 Å². The van der Waals surface area contributed by atoms with Gasteiger partial charge in [-0.3, -0.25) is 9.59 Å². The summed E-state index contributed by atoms with van der Waals surface area (Å²) in [6.45, 7) is 0.624. The summed E-state index contributed by atoms with van der Waals surface area (Å²) >= 11 is 0. The van der Waals surface area contributed by atoms with Crippen LogP contribution in [-0.2, 0) is 61.8 Å². The lowest BCUT2D eigenvalue weighted by Gasteiger charge is -2.53. The Labute approximate surface area is 392 Å². The number of nitrogens with one attached hydrogen (secondary N) is 2. The highest BCUT2D eigenvalue weighted by atomic mass is 16.8. The molecule has 5 heterocycles. The number of carboxylic acid groups (broad SMARTS) is 1. The summed E-state index contributed by atoms with van der Waals surface area (Å²) in [7, 11) is 0. The molecular weight excluding hydrogens is 944 g/mol. The van der Waals surface area contributed by atoms with Crippen LogP contribution in [0.3, 0.4) is 0 Å². The minimum Gasteiger partial charge on any atom is -0.544 e. The van der Waals surface area contributed by atoms with Crippen LogP contribution in [0.1, 0.15) is 34.1 Å². The van der Waals surface area contributed by atoms with Gasteiger partial charge in [-0.1, -0.05) is 0 Å². The predicted molar refractivity (Wildman–Crippen MR) is 212 cm³/mol. The molecule has 0 aromatic carbocycles. The van der Waals surface area contributed by atoms with E-state index in [1.807, 2.05) is 0 Å². The molecule has 5 aliphatic rings. The maximum atomic E-state index is 13.0. The van der Waals surface area contributed by atoms with Crippen molar-refractivity contribution in [3.8, 4) is 0 Å². The van der Waals surface area contributed by atoms with Crippen molar-refractivity contribution in [3.63, 3.8) is 0 Å². The lowest BCUT2D eigenvalue weighted by Crippen LogP contribution is -2.73. The van der Waals surface area contributed by atoms with E-state index in [0.29, 0.717) is 0 Å². The van der Waals surface area contributed by atoms with Gasteiger partial charge in [-0.2, -0.15) is 0 Å².